The molecule has 0 bridgehead atoms. The Balaban J connectivity index is 2.46. The lowest BCUT2D eigenvalue weighted by Gasteiger charge is -2.39. The van der Waals surface area contributed by atoms with Crippen LogP contribution in [0.1, 0.15) is 46.0 Å². The predicted molar refractivity (Wildman–Crippen MR) is 60.3 cm³/mol. The van der Waals surface area contributed by atoms with E-state index in [4.69, 9.17) is 5.11 Å². The second-order valence-electron chi connectivity index (χ2n) is 5.36. The molecule has 1 fully saturated rings. The van der Waals surface area contributed by atoms with Crippen LogP contribution in [0.5, 0.6) is 0 Å². The normalized spacial score (nSPS) is 23.3. The Kier molecular flexibility index (Phi) is 4.12. The van der Waals surface area contributed by atoms with Gasteiger partial charge in [-0.05, 0) is 44.1 Å². The molecule has 1 aliphatic carbocycles. The number of nitrogens with zero attached hydrogens (tertiary/aromatic N) is 1. The minimum absolute atomic E-state index is 0.194. The fourth-order valence-corrected chi connectivity index (χ4v) is 2.09. The first-order valence-corrected chi connectivity index (χ1v) is 5.81. The molecule has 0 aliphatic heterocycles. The lowest BCUT2D eigenvalue weighted by Crippen LogP contribution is -2.48. The van der Waals surface area contributed by atoms with Crippen molar-refractivity contribution in [2.45, 2.75) is 51.5 Å². The molecule has 0 atom stereocenters. The van der Waals surface area contributed by atoms with Crippen molar-refractivity contribution in [2.24, 2.45) is 5.41 Å². The Bertz CT molecular complexity index is 232. The Hall–Kier alpha value is -0.590. The van der Waals surface area contributed by atoms with Gasteiger partial charge in [-0.1, -0.05) is 13.8 Å². The van der Waals surface area contributed by atoms with Crippen LogP contribution in [0.25, 0.3) is 0 Å². The molecule has 0 aromatic rings. The maximum Gasteiger partial charge on any atom is 0.106 e. The number of nitriles is 1. The fraction of sp³-hybridized carbons (Fsp3) is 0.917. The third kappa shape index (κ3) is 3.48. The maximum absolute atomic E-state index is 9.24. The quantitative estimate of drug-likeness (QED) is 0.696. The van der Waals surface area contributed by atoms with Crippen LogP contribution in [0.2, 0.25) is 0 Å². The van der Waals surface area contributed by atoms with Gasteiger partial charge in [0.2, 0.25) is 0 Å². The van der Waals surface area contributed by atoms with E-state index in [0.29, 0.717) is 5.41 Å². The lowest BCUT2D eigenvalue weighted by molar-refractivity contribution is 0.167. The summed E-state index contributed by atoms with van der Waals surface area (Å²) in [4.78, 5) is 0. The number of aliphatic hydroxyl groups excluding tert-OH is 1. The van der Waals surface area contributed by atoms with Crippen molar-refractivity contribution in [3.63, 3.8) is 0 Å². The molecule has 0 heterocycles. The molecule has 0 spiro atoms. The van der Waals surface area contributed by atoms with Gasteiger partial charge >= 0.3 is 0 Å². The molecule has 1 saturated carbocycles. The summed E-state index contributed by atoms with van der Waals surface area (Å²) >= 11 is 0. The van der Waals surface area contributed by atoms with E-state index in [-0.39, 0.29) is 12.1 Å². The summed E-state index contributed by atoms with van der Waals surface area (Å²) in [5.74, 6) is 0. The van der Waals surface area contributed by atoms with Gasteiger partial charge in [-0.2, -0.15) is 5.26 Å². The van der Waals surface area contributed by atoms with E-state index in [0.717, 1.165) is 38.6 Å². The van der Waals surface area contributed by atoms with Gasteiger partial charge in [0.25, 0.3) is 0 Å². The summed E-state index contributed by atoms with van der Waals surface area (Å²) < 4.78 is 0. The number of nitrogens with one attached hydrogen (secondary N) is 1. The molecule has 1 aliphatic rings. The van der Waals surface area contributed by atoms with E-state index < -0.39 is 0 Å². The molecule has 0 unspecified atom stereocenters. The summed E-state index contributed by atoms with van der Waals surface area (Å²) in [6.07, 6.45) is 4.80. The molecule has 0 radical (unpaired) electrons. The largest absolute Gasteiger partial charge is 0.396 e. The highest BCUT2D eigenvalue weighted by molar-refractivity contribution is 5.10. The van der Waals surface area contributed by atoms with E-state index in [2.05, 4.69) is 25.2 Å². The number of hydrogen-bond acceptors (Lipinski definition) is 3. The van der Waals surface area contributed by atoms with Crippen LogP contribution in [0, 0.1) is 16.7 Å². The van der Waals surface area contributed by atoms with Crippen molar-refractivity contribution in [1.82, 2.24) is 5.32 Å². The topological polar surface area (TPSA) is 56.0 Å². The third-order valence-electron chi connectivity index (χ3n) is 3.47. The molecule has 2 N–H and O–H groups in total. The van der Waals surface area contributed by atoms with Crippen molar-refractivity contribution in [3.8, 4) is 6.07 Å². The lowest BCUT2D eigenvalue weighted by atomic mass is 9.70. The number of hydrogen-bond donors (Lipinski definition) is 2. The van der Waals surface area contributed by atoms with Gasteiger partial charge in [-0.25, -0.2) is 0 Å². The molecule has 0 aromatic heterocycles. The molecular formula is C12H22N2O. The molecule has 3 nitrogen and oxygen atoms in total. The minimum atomic E-state index is -0.329. The van der Waals surface area contributed by atoms with Crippen LogP contribution in [0.15, 0.2) is 0 Å². The van der Waals surface area contributed by atoms with E-state index in [1.54, 1.807) is 0 Å². The van der Waals surface area contributed by atoms with Crippen LogP contribution in [-0.2, 0) is 0 Å². The average molecular weight is 210 g/mol. The van der Waals surface area contributed by atoms with Crippen LogP contribution < -0.4 is 5.32 Å². The highest BCUT2D eigenvalue weighted by Crippen LogP contribution is 2.39. The first kappa shape index (κ1) is 12.5. The first-order valence-electron chi connectivity index (χ1n) is 5.81. The predicted octanol–water partition coefficient (Wildman–Crippen LogP) is 1.82. The van der Waals surface area contributed by atoms with Gasteiger partial charge in [0.15, 0.2) is 0 Å². The number of aliphatic hydroxyl groups is 1. The second kappa shape index (κ2) is 4.96. The Morgan fingerprint density at radius 1 is 1.27 bits per heavy atom. The zero-order chi connectivity index (χ0) is 11.4. The van der Waals surface area contributed by atoms with Crippen molar-refractivity contribution < 1.29 is 5.11 Å². The smallest absolute Gasteiger partial charge is 0.106 e. The van der Waals surface area contributed by atoms with Crippen LogP contribution >= 0.6 is 0 Å². The van der Waals surface area contributed by atoms with E-state index >= 15 is 0 Å². The molecule has 0 saturated heterocycles. The van der Waals surface area contributed by atoms with E-state index in [9.17, 15) is 5.26 Å². The second-order valence-corrected chi connectivity index (χ2v) is 5.36. The van der Waals surface area contributed by atoms with Crippen molar-refractivity contribution >= 4 is 0 Å². The third-order valence-corrected chi connectivity index (χ3v) is 3.47. The van der Waals surface area contributed by atoms with Gasteiger partial charge in [0.1, 0.15) is 5.54 Å². The maximum atomic E-state index is 9.24. The monoisotopic (exact) mass is 210 g/mol. The van der Waals surface area contributed by atoms with E-state index in [1.807, 2.05) is 0 Å². The molecule has 0 amide bonds. The zero-order valence-corrected chi connectivity index (χ0v) is 9.84. The van der Waals surface area contributed by atoms with Gasteiger partial charge in [0.05, 0.1) is 6.07 Å². The average Bonchev–Trinajstić information content (AvgIpc) is 2.22. The van der Waals surface area contributed by atoms with Crippen LogP contribution in [-0.4, -0.2) is 23.8 Å². The summed E-state index contributed by atoms with van der Waals surface area (Å²) in [6.45, 7) is 5.47. The van der Waals surface area contributed by atoms with Crippen molar-refractivity contribution in [1.29, 1.82) is 5.26 Å². The molecule has 86 valence electrons. The van der Waals surface area contributed by atoms with Gasteiger partial charge in [0, 0.05) is 6.61 Å². The molecular weight excluding hydrogens is 188 g/mol. The van der Waals surface area contributed by atoms with Crippen molar-refractivity contribution in [2.75, 3.05) is 13.2 Å². The van der Waals surface area contributed by atoms with Gasteiger partial charge in [-0.15, -0.1) is 0 Å². The first-order chi connectivity index (χ1) is 7.04. The van der Waals surface area contributed by atoms with E-state index in [1.165, 1.54) is 0 Å². The van der Waals surface area contributed by atoms with Crippen molar-refractivity contribution in [3.05, 3.63) is 0 Å². The van der Waals surface area contributed by atoms with Crippen LogP contribution in [0.3, 0.4) is 0 Å². The summed E-state index contributed by atoms with van der Waals surface area (Å²) in [5, 5.41) is 21.3. The Labute approximate surface area is 92.5 Å². The summed E-state index contributed by atoms with van der Waals surface area (Å²) in [7, 11) is 0. The van der Waals surface area contributed by atoms with Crippen LogP contribution in [0.4, 0.5) is 0 Å². The Morgan fingerprint density at radius 2 is 1.87 bits per heavy atom. The summed E-state index contributed by atoms with van der Waals surface area (Å²) in [6, 6.07) is 2.42. The molecule has 15 heavy (non-hydrogen) atoms. The number of rotatable bonds is 4. The SMILES string of the molecule is CC1(C)CCC(C#N)(NCCCO)CC1. The van der Waals surface area contributed by atoms with Gasteiger partial charge in [-0.3, -0.25) is 5.32 Å². The fourth-order valence-electron chi connectivity index (χ4n) is 2.09. The standard InChI is InChI=1S/C12H22N2O/c1-11(2)4-6-12(10-13,7-5-11)14-8-3-9-15/h14-15H,3-9H2,1-2H3. The van der Waals surface area contributed by atoms with Gasteiger partial charge < -0.3 is 5.11 Å². The molecule has 0 aromatic carbocycles. The molecule has 1 rings (SSSR count). The summed E-state index contributed by atoms with van der Waals surface area (Å²) in [5.41, 5.74) is 0.0592. The highest BCUT2D eigenvalue weighted by Gasteiger charge is 2.37. The zero-order valence-electron chi connectivity index (χ0n) is 9.84. The Morgan fingerprint density at radius 3 is 2.33 bits per heavy atom. The highest BCUT2D eigenvalue weighted by atomic mass is 16.3. The minimum Gasteiger partial charge on any atom is -0.396 e. The molecule has 3 heteroatoms.